The number of nitrogens with zero attached hydrogens (tertiary/aromatic N) is 8. The lowest BCUT2D eigenvalue weighted by Crippen LogP contribution is -2.51. The number of likely N-dealkylation sites (tertiary alicyclic amines) is 1. The molecule has 8 nitrogen and oxygen atoms in total. The molecule has 2 aliphatic heterocycles. The lowest BCUT2D eigenvalue weighted by molar-refractivity contribution is -0.0178. The van der Waals surface area contributed by atoms with E-state index >= 15 is 0 Å². The first kappa shape index (κ1) is 23.6. The summed E-state index contributed by atoms with van der Waals surface area (Å²) in [4.78, 5) is 14.8. The van der Waals surface area contributed by atoms with Gasteiger partial charge in [0.1, 0.15) is 11.6 Å². The molecule has 0 radical (unpaired) electrons. The third kappa shape index (κ3) is 4.06. The quantitative estimate of drug-likeness (QED) is 0.521. The topological polar surface area (TPSA) is 67.9 Å². The Bertz CT molecular complexity index is 1300. The van der Waals surface area contributed by atoms with Gasteiger partial charge in [0, 0.05) is 50.4 Å². The fourth-order valence-electron chi connectivity index (χ4n) is 8.34. The number of hydrogen-bond donors (Lipinski definition) is 0. The highest BCUT2D eigenvalue weighted by Crippen LogP contribution is 2.51. The van der Waals surface area contributed by atoms with Crippen LogP contribution in [-0.2, 0) is 26.6 Å². The zero-order chi connectivity index (χ0) is 25.1. The molecule has 2 aliphatic carbocycles. The van der Waals surface area contributed by atoms with Crippen LogP contribution in [0.2, 0.25) is 0 Å². The highest BCUT2D eigenvalue weighted by Gasteiger charge is 2.46. The fraction of sp³-hybridized carbons (Fsp3) is 0.724. The Balaban J connectivity index is 1.12. The number of hydrogen-bond acceptors (Lipinski definition) is 6. The number of aryl methyl sites for hydroxylation is 3. The van der Waals surface area contributed by atoms with Crippen molar-refractivity contribution in [3.8, 4) is 0 Å². The van der Waals surface area contributed by atoms with Gasteiger partial charge in [0.15, 0.2) is 5.65 Å². The molecule has 5 heterocycles. The molecule has 3 fully saturated rings. The van der Waals surface area contributed by atoms with E-state index in [2.05, 4.69) is 31.5 Å². The number of fused-ring (bicyclic) bond motifs is 4. The van der Waals surface area contributed by atoms with Crippen LogP contribution < -0.4 is 4.90 Å². The maximum atomic E-state index is 5.18. The highest BCUT2D eigenvalue weighted by atomic mass is 15.3. The Hall–Kier alpha value is -2.48. The van der Waals surface area contributed by atoms with Gasteiger partial charge in [-0.1, -0.05) is 12.8 Å². The molecule has 0 N–H and O–H groups in total. The largest absolute Gasteiger partial charge is 0.351 e. The monoisotopic (exact) mass is 502 g/mol. The Morgan fingerprint density at radius 1 is 1.00 bits per heavy atom. The van der Waals surface area contributed by atoms with Gasteiger partial charge in [-0.2, -0.15) is 10.2 Å². The van der Waals surface area contributed by atoms with Gasteiger partial charge in [0.05, 0.1) is 17.3 Å². The second-order valence-corrected chi connectivity index (χ2v) is 12.5. The van der Waals surface area contributed by atoms with E-state index in [0.717, 1.165) is 60.7 Å². The number of piperidine rings is 1. The van der Waals surface area contributed by atoms with E-state index in [-0.39, 0.29) is 0 Å². The van der Waals surface area contributed by atoms with Crippen LogP contribution in [0, 0.1) is 25.2 Å². The maximum Gasteiger partial charge on any atom is 0.163 e. The highest BCUT2D eigenvalue weighted by molar-refractivity contribution is 5.87. The van der Waals surface area contributed by atoms with Crippen molar-refractivity contribution in [2.45, 2.75) is 97.2 Å². The van der Waals surface area contributed by atoms with Gasteiger partial charge in [-0.3, -0.25) is 9.36 Å². The SMILES string of the molecule is Cc1nc(N2CCc3c(c(C)nn3CC34CCCC(C3)C(N3CCCCC3)CC4)C2)c2cnn(C)c2n1. The normalized spacial score (nSPS) is 28.6. The molecule has 198 valence electrons. The van der Waals surface area contributed by atoms with E-state index in [1.54, 1.807) is 0 Å². The first-order chi connectivity index (χ1) is 18.0. The van der Waals surface area contributed by atoms with Crippen molar-refractivity contribution in [1.29, 1.82) is 0 Å². The predicted octanol–water partition coefficient (Wildman–Crippen LogP) is 4.56. The molecule has 3 aromatic rings. The van der Waals surface area contributed by atoms with Crippen LogP contribution in [0.15, 0.2) is 6.20 Å². The predicted molar refractivity (Wildman–Crippen MR) is 146 cm³/mol. The average Bonchev–Trinajstić information content (AvgIpc) is 3.43. The molecular weight excluding hydrogens is 460 g/mol. The van der Waals surface area contributed by atoms with Gasteiger partial charge in [0.25, 0.3) is 0 Å². The summed E-state index contributed by atoms with van der Waals surface area (Å²) < 4.78 is 4.29. The van der Waals surface area contributed by atoms with E-state index < -0.39 is 0 Å². The molecule has 2 saturated carbocycles. The van der Waals surface area contributed by atoms with Crippen molar-refractivity contribution >= 4 is 16.9 Å². The zero-order valence-corrected chi connectivity index (χ0v) is 22.9. The molecular formula is C29H42N8. The van der Waals surface area contributed by atoms with Gasteiger partial charge in [-0.15, -0.1) is 0 Å². The molecule has 1 saturated heterocycles. The molecule has 0 amide bonds. The standard InChI is InChI=1S/C29H42N8/c1-20-24-18-36(28-23-17-30-34(3)27(23)31-21(2)32-28)15-10-26(24)37(33-20)19-29-11-7-8-22(16-29)25(9-12-29)35-13-5-4-6-14-35/h17,22,25H,4-16,18-19H2,1-3H3. The Labute approximate surface area is 220 Å². The molecule has 3 aromatic heterocycles. The van der Waals surface area contributed by atoms with Crippen molar-refractivity contribution in [2.75, 3.05) is 24.5 Å². The summed E-state index contributed by atoms with van der Waals surface area (Å²) in [7, 11) is 1.95. The van der Waals surface area contributed by atoms with E-state index in [4.69, 9.17) is 10.1 Å². The van der Waals surface area contributed by atoms with Crippen molar-refractivity contribution in [3.05, 3.63) is 29.0 Å². The molecule has 3 atom stereocenters. The van der Waals surface area contributed by atoms with Gasteiger partial charge < -0.3 is 9.80 Å². The first-order valence-corrected chi connectivity index (χ1v) is 14.7. The lowest BCUT2D eigenvalue weighted by atomic mass is 9.60. The van der Waals surface area contributed by atoms with Gasteiger partial charge in [0.2, 0.25) is 0 Å². The summed E-state index contributed by atoms with van der Waals surface area (Å²) in [6.45, 7) is 9.82. The smallest absolute Gasteiger partial charge is 0.163 e. The van der Waals surface area contributed by atoms with Crippen molar-refractivity contribution in [1.82, 2.24) is 34.4 Å². The summed E-state index contributed by atoms with van der Waals surface area (Å²) in [5, 5.41) is 10.7. The second-order valence-electron chi connectivity index (χ2n) is 12.5. The van der Waals surface area contributed by atoms with Crippen LogP contribution in [0.4, 0.5) is 5.82 Å². The van der Waals surface area contributed by atoms with Crippen LogP contribution >= 0.6 is 0 Å². The molecule has 37 heavy (non-hydrogen) atoms. The maximum absolute atomic E-state index is 5.18. The molecule has 3 unspecified atom stereocenters. The van der Waals surface area contributed by atoms with Crippen LogP contribution in [-0.4, -0.2) is 60.1 Å². The van der Waals surface area contributed by atoms with E-state index in [1.165, 1.54) is 87.8 Å². The molecule has 2 bridgehead atoms. The average molecular weight is 503 g/mol. The molecule has 4 aliphatic rings. The summed E-state index contributed by atoms with van der Waals surface area (Å²) >= 11 is 0. The Morgan fingerprint density at radius 3 is 2.73 bits per heavy atom. The second kappa shape index (κ2) is 9.07. The summed E-state index contributed by atoms with van der Waals surface area (Å²) in [6, 6.07) is 0.844. The van der Waals surface area contributed by atoms with E-state index in [9.17, 15) is 0 Å². The number of anilines is 1. The van der Waals surface area contributed by atoms with Crippen molar-refractivity contribution in [3.63, 3.8) is 0 Å². The minimum atomic E-state index is 0.449. The molecule has 7 rings (SSSR count). The lowest BCUT2D eigenvalue weighted by Gasteiger charge is -2.52. The van der Waals surface area contributed by atoms with Crippen LogP contribution in [0.25, 0.3) is 11.0 Å². The van der Waals surface area contributed by atoms with Crippen LogP contribution in [0.3, 0.4) is 0 Å². The van der Waals surface area contributed by atoms with Crippen molar-refractivity contribution < 1.29 is 0 Å². The number of aromatic nitrogens is 6. The van der Waals surface area contributed by atoms with Gasteiger partial charge >= 0.3 is 0 Å². The van der Waals surface area contributed by atoms with Gasteiger partial charge in [-0.25, -0.2) is 9.97 Å². The van der Waals surface area contributed by atoms with Crippen LogP contribution in [0.1, 0.15) is 80.6 Å². The van der Waals surface area contributed by atoms with E-state index in [1.807, 2.05) is 24.9 Å². The fourth-order valence-corrected chi connectivity index (χ4v) is 8.34. The number of rotatable bonds is 4. The summed E-state index contributed by atoms with van der Waals surface area (Å²) in [5.74, 6) is 2.71. The van der Waals surface area contributed by atoms with Crippen molar-refractivity contribution in [2.24, 2.45) is 18.4 Å². The molecule has 0 aromatic carbocycles. The van der Waals surface area contributed by atoms with E-state index in [0.29, 0.717) is 5.41 Å². The third-order valence-electron chi connectivity index (χ3n) is 10.2. The minimum absolute atomic E-state index is 0.449. The Morgan fingerprint density at radius 2 is 1.86 bits per heavy atom. The first-order valence-electron chi connectivity index (χ1n) is 14.7. The summed E-state index contributed by atoms with van der Waals surface area (Å²) in [5.41, 5.74) is 5.43. The Kier molecular flexibility index (Phi) is 5.79. The minimum Gasteiger partial charge on any atom is -0.351 e. The third-order valence-corrected chi connectivity index (χ3v) is 10.2. The molecule has 0 spiro atoms. The zero-order valence-electron chi connectivity index (χ0n) is 22.9. The van der Waals surface area contributed by atoms with Gasteiger partial charge in [-0.05, 0) is 83.2 Å². The summed E-state index contributed by atoms with van der Waals surface area (Å²) in [6.07, 6.45) is 15.6. The van der Waals surface area contributed by atoms with Crippen LogP contribution in [0.5, 0.6) is 0 Å². The molecule has 8 heteroatoms.